The van der Waals surface area contributed by atoms with Gasteiger partial charge >= 0.3 is 0 Å². The zero-order chi connectivity index (χ0) is 19.2. The third-order valence-electron chi connectivity index (χ3n) is 3.90. The van der Waals surface area contributed by atoms with Crippen LogP contribution in [0, 0.1) is 6.92 Å². The summed E-state index contributed by atoms with van der Waals surface area (Å²) in [5, 5.41) is 17.0. The summed E-state index contributed by atoms with van der Waals surface area (Å²) < 4.78 is 1.58. The van der Waals surface area contributed by atoms with Crippen LogP contribution in [0.4, 0.5) is 5.69 Å². The lowest BCUT2D eigenvalue weighted by Crippen LogP contribution is -2.35. The van der Waals surface area contributed by atoms with E-state index in [2.05, 4.69) is 26.2 Å². The van der Waals surface area contributed by atoms with E-state index in [-0.39, 0.29) is 24.3 Å². The van der Waals surface area contributed by atoms with Gasteiger partial charge in [-0.25, -0.2) is 0 Å². The second kappa shape index (κ2) is 8.22. The third-order valence-corrected chi connectivity index (χ3v) is 3.90. The molecular formula is C19H20N6O2. The molecule has 138 valence electrons. The van der Waals surface area contributed by atoms with Crippen LogP contribution in [-0.2, 0) is 4.79 Å². The van der Waals surface area contributed by atoms with Gasteiger partial charge < -0.3 is 10.6 Å². The number of nitrogens with one attached hydrogen (secondary N) is 2. The van der Waals surface area contributed by atoms with E-state index in [9.17, 15) is 9.59 Å². The van der Waals surface area contributed by atoms with E-state index in [0.717, 1.165) is 5.69 Å². The van der Waals surface area contributed by atoms with Crippen molar-refractivity contribution in [3.8, 4) is 5.69 Å². The Morgan fingerprint density at radius 3 is 2.59 bits per heavy atom. The zero-order valence-electron chi connectivity index (χ0n) is 15.1. The molecule has 1 atom stereocenters. The average Bonchev–Trinajstić information content (AvgIpc) is 3.08. The molecule has 0 aliphatic rings. The van der Waals surface area contributed by atoms with Gasteiger partial charge in [0, 0.05) is 23.7 Å². The zero-order valence-corrected chi connectivity index (χ0v) is 15.1. The highest BCUT2D eigenvalue weighted by molar-refractivity contribution is 5.95. The highest BCUT2D eigenvalue weighted by Crippen LogP contribution is 2.15. The van der Waals surface area contributed by atoms with Crippen LogP contribution in [0.2, 0.25) is 0 Å². The second-order valence-electron chi connectivity index (χ2n) is 6.18. The first-order chi connectivity index (χ1) is 13.0. The van der Waals surface area contributed by atoms with Crippen molar-refractivity contribution in [1.29, 1.82) is 0 Å². The van der Waals surface area contributed by atoms with E-state index in [1.54, 1.807) is 54.9 Å². The van der Waals surface area contributed by atoms with Crippen LogP contribution in [0.15, 0.2) is 54.6 Å². The lowest BCUT2D eigenvalue weighted by atomic mass is 10.1. The van der Waals surface area contributed by atoms with Gasteiger partial charge in [0.25, 0.3) is 5.91 Å². The highest BCUT2D eigenvalue weighted by Gasteiger charge is 2.14. The van der Waals surface area contributed by atoms with Crippen LogP contribution in [0.3, 0.4) is 0 Å². The largest absolute Gasteiger partial charge is 0.349 e. The topological polar surface area (TPSA) is 102 Å². The van der Waals surface area contributed by atoms with Crippen molar-refractivity contribution in [3.63, 3.8) is 0 Å². The Kier molecular flexibility index (Phi) is 5.55. The molecule has 0 radical (unpaired) electrons. The number of tetrazole rings is 1. The molecule has 1 unspecified atom stereocenters. The summed E-state index contributed by atoms with van der Waals surface area (Å²) in [4.78, 5) is 24.4. The fraction of sp³-hybridized carbons (Fsp3) is 0.211. The lowest BCUT2D eigenvalue weighted by molar-refractivity contribution is -0.116. The van der Waals surface area contributed by atoms with E-state index in [4.69, 9.17) is 0 Å². The number of aromatic nitrogens is 4. The fourth-order valence-electron chi connectivity index (χ4n) is 2.62. The van der Waals surface area contributed by atoms with Crippen LogP contribution < -0.4 is 10.6 Å². The molecule has 27 heavy (non-hydrogen) atoms. The van der Waals surface area contributed by atoms with Crippen LogP contribution >= 0.6 is 0 Å². The molecule has 1 aromatic heterocycles. The first-order valence-corrected chi connectivity index (χ1v) is 8.54. The Morgan fingerprint density at radius 1 is 1.11 bits per heavy atom. The summed E-state index contributed by atoms with van der Waals surface area (Å²) in [6.07, 6.45) is 0.159. The SMILES string of the molecule is Cc1nnnn1-c1cccc(NC(=O)CC(C)NC(=O)c2ccccc2)c1. The Labute approximate surface area is 156 Å². The van der Waals surface area contributed by atoms with Crippen LogP contribution in [-0.4, -0.2) is 38.1 Å². The van der Waals surface area contributed by atoms with Crippen LogP contribution in [0.25, 0.3) is 5.69 Å². The van der Waals surface area contributed by atoms with Crippen molar-refractivity contribution in [2.24, 2.45) is 0 Å². The summed E-state index contributed by atoms with van der Waals surface area (Å²) in [5.41, 5.74) is 1.95. The smallest absolute Gasteiger partial charge is 0.251 e. The van der Waals surface area contributed by atoms with Crippen LogP contribution in [0.5, 0.6) is 0 Å². The Hall–Kier alpha value is -3.55. The molecular weight excluding hydrogens is 344 g/mol. The van der Waals surface area contributed by atoms with E-state index < -0.39 is 0 Å². The minimum atomic E-state index is -0.303. The Balaban J connectivity index is 1.58. The molecule has 8 heteroatoms. The Bertz CT molecular complexity index is 938. The minimum Gasteiger partial charge on any atom is -0.349 e. The maximum atomic E-state index is 12.3. The molecule has 2 amide bonds. The average molecular weight is 364 g/mol. The molecule has 0 saturated carbocycles. The number of carbonyl (C=O) groups is 2. The van der Waals surface area contributed by atoms with E-state index in [1.165, 1.54) is 0 Å². The summed E-state index contributed by atoms with van der Waals surface area (Å²) in [6.45, 7) is 3.59. The van der Waals surface area contributed by atoms with Gasteiger partial charge in [-0.2, -0.15) is 4.68 Å². The molecule has 3 aromatic rings. The second-order valence-corrected chi connectivity index (χ2v) is 6.18. The lowest BCUT2D eigenvalue weighted by Gasteiger charge is -2.14. The maximum Gasteiger partial charge on any atom is 0.251 e. The Morgan fingerprint density at radius 2 is 1.89 bits per heavy atom. The van der Waals surface area contributed by atoms with Gasteiger partial charge in [0.05, 0.1) is 5.69 Å². The number of rotatable bonds is 6. The van der Waals surface area contributed by atoms with Gasteiger partial charge in [-0.1, -0.05) is 24.3 Å². The van der Waals surface area contributed by atoms with Gasteiger partial charge in [-0.05, 0) is 54.6 Å². The number of anilines is 1. The quantitative estimate of drug-likeness (QED) is 0.697. The van der Waals surface area contributed by atoms with Gasteiger partial charge in [0.15, 0.2) is 5.82 Å². The molecule has 2 N–H and O–H groups in total. The van der Waals surface area contributed by atoms with E-state index in [1.807, 2.05) is 18.2 Å². The number of nitrogens with zero attached hydrogens (tertiary/aromatic N) is 4. The highest BCUT2D eigenvalue weighted by atomic mass is 16.2. The molecule has 0 aliphatic carbocycles. The van der Waals surface area contributed by atoms with Gasteiger partial charge in [0.2, 0.25) is 5.91 Å². The van der Waals surface area contributed by atoms with Gasteiger partial charge in [0.1, 0.15) is 0 Å². The summed E-state index contributed by atoms with van der Waals surface area (Å²) >= 11 is 0. The van der Waals surface area contributed by atoms with Gasteiger partial charge in [-0.15, -0.1) is 5.10 Å². The predicted molar refractivity (Wildman–Crippen MR) is 101 cm³/mol. The van der Waals surface area contributed by atoms with Crippen molar-refractivity contribution >= 4 is 17.5 Å². The number of aryl methyl sites for hydroxylation is 1. The number of benzene rings is 2. The van der Waals surface area contributed by atoms with Gasteiger partial charge in [-0.3, -0.25) is 9.59 Å². The molecule has 1 heterocycles. The molecule has 3 rings (SSSR count). The van der Waals surface area contributed by atoms with Crippen molar-refractivity contribution in [3.05, 3.63) is 66.0 Å². The molecule has 0 bridgehead atoms. The van der Waals surface area contributed by atoms with Crippen molar-refractivity contribution in [2.75, 3.05) is 5.32 Å². The maximum absolute atomic E-state index is 12.3. The molecule has 0 aliphatic heterocycles. The van der Waals surface area contributed by atoms with E-state index in [0.29, 0.717) is 17.1 Å². The number of hydrogen-bond acceptors (Lipinski definition) is 5. The summed E-state index contributed by atoms with van der Waals surface area (Å²) in [5.74, 6) is 0.254. The first-order valence-electron chi connectivity index (χ1n) is 8.54. The molecule has 2 aromatic carbocycles. The summed E-state index contributed by atoms with van der Waals surface area (Å²) in [7, 11) is 0. The number of amides is 2. The standard InChI is InChI=1S/C19H20N6O2/c1-13(20-19(27)15-7-4-3-5-8-15)11-18(26)21-16-9-6-10-17(12-16)25-14(2)22-23-24-25/h3-10,12-13H,11H2,1-2H3,(H,20,27)(H,21,26). The van der Waals surface area contributed by atoms with Crippen molar-refractivity contribution < 1.29 is 9.59 Å². The fourth-order valence-corrected chi connectivity index (χ4v) is 2.62. The number of carbonyl (C=O) groups excluding carboxylic acids is 2. The summed E-state index contributed by atoms with van der Waals surface area (Å²) in [6, 6.07) is 15.8. The normalized spacial score (nSPS) is 11.6. The molecule has 0 spiro atoms. The third kappa shape index (κ3) is 4.75. The monoisotopic (exact) mass is 364 g/mol. The predicted octanol–water partition coefficient (Wildman–Crippen LogP) is 2.12. The molecule has 0 fully saturated rings. The minimum absolute atomic E-state index is 0.159. The van der Waals surface area contributed by atoms with Crippen LogP contribution in [0.1, 0.15) is 29.5 Å². The number of hydrogen-bond donors (Lipinski definition) is 2. The van der Waals surface area contributed by atoms with E-state index >= 15 is 0 Å². The van der Waals surface area contributed by atoms with Crippen molar-refractivity contribution in [2.45, 2.75) is 26.3 Å². The van der Waals surface area contributed by atoms with Crippen molar-refractivity contribution in [1.82, 2.24) is 25.5 Å². The molecule has 8 nitrogen and oxygen atoms in total. The first kappa shape index (κ1) is 18.2. The molecule has 0 saturated heterocycles.